The third-order valence-electron chi connectivity index (χ3n) is 4.94. The van der Waals surface area contributed by atoms with Gasteiger partial charge in [-0.2, -0.15) is 0 Å². The molecule has 0 atom stereocenters. The van der Waals surface area contributed by atoms with E-state index in [4.69, 9.17) is 23.2 Å². The first-order chi connectivity index (χ1) is 16.3. The normalized spacial score (nSPS) is 11.0. The van der Waals surface area contributed by atoms with Crippen LogP contribution in [0.2, 0.25) is 10.0 Å². The Kier molecular flexibility index (Phi) is 7.50. The number of thioether (sulfide) groups is 1. The topological polar surface area (TPSA) is 85.6 Å². The van der Waals surface area contributed by atoms with Crippen LogP contribution in [0.1, 0.15) is 38.7 Å². The SMILES string of the molecule is Cc1ccc(CNC(=O)c2nnn(-c3cc(Cl)cc(Cl)c3)c2CSc2nc(C)cc(C)n2)cc1. The summed E-state index contributed by atoms with van der Waals surface area (Å²) < 4.78 is 1.58. The van der Waals surface area contributed by atoms with E-state index in [-0.39, 0.29) is 11.6 Å². The van der Waals surface area contributed by atoms with Gasteiger partial charge in [0.2, 0.25) is 0 Å². The van der Waals surface area contributed by atoms with Crippen molar-refractivity contribution in [3.05, 3.63) is 92.5 Å². The van der Waals surface area contributed by atoms with E-state index in [0.717, 1.165) is 22.5 Å². The molecule has 1 N–H and O–H groups in total. The summed E-state index contributed by atoms with van der Waals surface area (Å²) in [5, 5.41) is 12.9. The van der Waals surface area contributed by atoms with E-state index in [0.29, 0.717) is 38.9 Å². The van der Waals surface area contributed by atoms with Crippen molar-refractivity contribution in [2.75, 3.05) is 0 Å². The van der Waals surface area contributed by atoms with E-state index in [2.05, 4.69) is 25.6 Å². The zero-order valence-electron chi connectivity index (χ0n) is 18.8. The fraction of sp³-hybridized carbons (Fsp3) is 0.208. The van der Waals surface area contributed by atoms with Crippen molar-refractivity contribution in [3.63, 3.8) is 0 Å². The van der Waals surface area contributed by atoms with Gasteiger partial charge in [0, 0.05) is 33.7 Å². The number of carbonyl (C=O) groups excluding carboxylic acids is 1. The number of amides is 1. The predicted octanol–water partition coefficient (Wildman–Crippen LogP) is 5.51. The molecule has 4 aromatic rings. The van der Waals surface area contributed by atoms with E-state index < -0.39 is 0 Å². The van der Waals surface area contributed by atoms with Crippen LogP contribution < -0.4 is 5.32 Å². The molecule has 1 amide bonds. The van der Waals surface area contributed by atoms with Crippen LogP contribution in [0.4, 0.5) is 0 Å². The summed E-state index contributed by atoms with van der Waals surface area (Å²) in [6, 6.07) is 15.0. The van der Waals surface area contributed by atoms with Gasteiger partial charge in [-0.3, -0.25) is 4.79 Å². The number of hydrogen-bond acceptors (Lipinski definition) is 6. The minimum Gasteiger partial charge on any atom is -0.347 e. The molecule has 0 saturated heterocycles. The minimum absolute atomic E-state index is 0.222. The number of halogens is 2. The van der Waals surface area contributed by atoms with Crippen molar-refractivity contribution in [2.45, 2.75) is 38.2 Å². The van der Waals surface area contributed by atoms with Gasteiger partial charge in [-0.25, -0.2) is 14.6 Å². The molecule has 2 aromatic carbocycles. The Morgan fingerprint density at radius 2 is 1.62 bits per heavy atom. The number of hydrogen-bond donors (Lipinski definition) is 1. The zero-order chi connectivity index (χ0) is 24.2. The van der Waals surface area contributed by atoms with Crippen molar-refractivity contribution < 1.29 is 4.79 Å². The fourth-order valence-electron chi connectivity index (χ4n) is 3.34. The second-order valence-corrected chi connectivity index (χ2v) is 9.63. The highest BCUT2D eigenvalue weighted by Crippen LogP contribution is 2.27. The zero-order valence-corrected chi connectivity index (χ0v) is 21.2. The Morgan fingerprint density at radius 1 is 0.971 bits per heavy atom. The van der Waals surface area contributed by atoms with Gasteiger partial charge in [0.1, 0.15) is 0 Å². The average molecular weight is 513 g/mol. The molecule has 0 unspecified atom stereocenters. The number of nitrogens with one attached hydrogen (secondary N) is 1. The van der Waals surface area contributed by atoms with Crippen molar-refractivity contribution in [1.82, 2.24) is 30.3 Å². The Hall–Kier alpha value is -2.94. The first-order valence-corrected chi connectivity index (χ1v) is 12.2. The van der Waals surface area contributed by atoms with E-state index in [9.17, 15) is 4.79 Å². The van der Waals surface area contributed by atoms with E-state index in [1.807, 2.05) is 51.1 Å². The lowest BCUT2D eigenvalue weighted by Crippen LogP contribution is -2.24. The van der Waals surface area contributed by atoms with Crippen LogP contribution in [0, 0.1) is 20.8 Å². The number of aryl methyl sites for hydroxylation is 3. The van der Waals surface area contributed by atoms with Crippen molar-refractivity contribution in [1.29, 1.82) is 0 Å². The van der Waals surface area contributed by atoms with Crippen molar-refractivity contribution >= 4 is 40.9 Å². The molecule has 2 aromatic heterocycles. The molecule has 0 radical (unpaired) electrons. The van der Waals surface area contributed by atoms with Crippen molar-refractivity contribution in [3.8, 4) is 5.69 Å². The number of carbonyl (C=O) groups is 1. The van der Waals surface area contributed by atoms with Crippen LogP contribution in [0.15, 0.2) is 53.7 Å². The smallest absolute Gasteiger partial charge is 0.274 e. The second-order valence-electron chi connectivity index (χ2n) is 7.81. The molecule has 7 nitrogen and oxygen atoms in total. The van der Waals surface area contributed by atoms with E-state index in [1.54, 1.807) is 22.9 Å². The average Bonchev–Trinajstić information content (AvgIpc) is 3.20. The molecule has 0 saturated carbocycles. The standard InChI is InChI=1S/C24H22Cl2N6OS/c1-14-4-6-17(7-5-14)12-27-23(33)22-21(13-34-24-28-15(2)8-16(3)29-24)32(31-30-22)20-10-18(25)9-19(26)11-20/h4-11H,12-13H2,1-3H3,(H,27,33). The van der Waals surface area contributed by atoms with Gasteiger partial charge in [0.05, 0.1) is 11.4 Å². The summed E-state index contributed by atoms with van der Waals surface area (Å²) in [5.74, 6) is 0.0460. The molecule has 10 heteroatoms. The summed E-state index contributed by atoms with van der Waals surface area (Å²) in [7, 11) is 0. The van der Waals surface area contributed by atoms with Gasteiger partial charge in [-0.05, 0) is 50.6 Å². The lowest BCUT2D eigenvalue weighted by molar-refractivity contribution is 0.0945. The summed E-state index contributed by atoms with van der Waals surface area (Å²) >= 11 is 13.8. The maximum absolute atomic E-state index is 13.1. The Balaban J connectivity index is 1.64. The molecular weight excluding hydrogens is 491 g/mol. The highest BCUT2D eigenvalue weighted by molar-refractivity contribution is 7.98. The maximum atomic E-state index is 13.1. The van der Waals surface area contributed by atoms with Crippen LogP contribution in [0.5, 0.6) is 0 Å². The summed E-state index contributed by atoms with van der Waals surface area (Å²) in [6.07, 6.45) is 0. The second kappa shape index (κ2) is 10.5. The molecule has 0 aliphatic carbocycles. The van der Waals surface area contributed by atoms with Crippen LogP contribution in [-0.4, -0.2) is 30.9 Å². The number of rotatable bonds is 7. The lowest BCUT2D eigenvalue weighted by atomic mass is 10.1. The van der Waals surface area contributed by atoms with E-state index in [1.165, 1.54) is 11.8 Å². The number of nitrogens with zero attached hydrogens (tertiary/aromatic N) is 5. The minimum atomic E-state index is -0.322. The Bertz CT molecular complexity index is 1300. The summed E-state index contributed by atoms with van der Waals surface area (Å²) in [5.41, 5.74) is 5.32. The number of benzene rings is 2. The van der Waals surface area contributed by atoms with Gasteiger partial charge in [-0.1, -0.05) is 70.0 Å². The quantitative estimate of drug-likeness (QED) is 0.259. The molecule has 4 rings (SSSR count). The maximum Gasteiger partial charge on any atom is 0.274 e. The molecule has 0 aliphatic heterocycles. The molecule has 174 valence electrons. The first-order valence-electron chi connectivity index (χ1n) is 10.5. The third kappa shape index (κ3) is 5.94. The number of aromatic nitrogens is 5. The van der Waals surface area contributed by atoms with Gasteiger partial charge >= 0.3 is 0 Å². The van der Waals surface area contributed by atoms with Gasteiger partial charge in [0.15, 0.2) is 10.9 Å². The summed E-state index contributed by atoms with van der Waals surface area (Å²) in [6.45, 7) is 6.23. The monoisotopic (exact) mass is 512 g/mol. The van der Waals surface area contributed by atoms with Crippen LogP contribution >= 0.6 is 35.0 Å². The largest absolute Gasteiger partial charge is 0.347 e. The van der Waals surface area contributed by atoms with Crippen LogP contribution in [0.3, 0.4) is 0 Å². The molecule has 0 spiro atoms. The fourth-order valence-corrected chi connectivity index (χ4v) is 4.80. The Morgan fingerprint density at radius 3 is 2.26 bits per heavy atom. The molecule has 34 heavy (non-hydrogen) atoms. The van der Waals surface area contributed by atoms with Gasteiger partial charge < -0.3 is 5.32 Å². The van der Waals surface area contributed by atoms with Crippen molar-refractivity contribution in [2.24, 2.45) is 0 Å². The lowest BCUT2D eigenvalue weighted by Gasteiger charge is -2.10. The highest BCUT2D eigenvalue weighted by Gasteiger charge is 2.22. The molecule has 0 aliphatic rings. The van der Waals surface area contributed by atoms with Crippen LogP contribution in [-0.2, 0) is 12.3 Å². The van der Waals surface area contributed by atoms with Gasteiger partial charge in [-0.15, -0.1) is 5.10 Å². The molecular formula is C24H22Cl2N6OS. The van der Waals surface area contributed by atoms with Gasteiger partial charge in [0.25, 0.3) is 5.91 Å². The predicted molar refractivity (Wildman–Crippen MR) is 135 cm³/mol. The molecule has 0 fully saturated rings. The van der Waals surface area contributed by atoms with Crippen LogP contribution in [0.25, 0.3) is 5.69 Å². The molecule has 0 bridgehead atoms. The first kappa shape index (κ1) is 24.2. The highest BCUT2D eigenvalue weighted by atomic mass is 35.5. The summed E-state index contributed by atoms with van der Waals surface area (Å²) in [4.78, 5) is 22.0. The Labute approximate surface area is 211 Å². The third-order valence-corrected chi connectivity index (χ3v) is 6.24. The van der Waals surface area contributed by atoms with E-state index >= 15 is 0 Å². The molecule has 2 heterocycles.